The van der Waals surface area contributed by atoms with Gasteiger partial charge in [-0.2, -0.15) is 0 Å². The zero-order valence-corrected chi connectivity index (χ0v) is 15.4. The Bertz CT molecular complexity index is 358. The molecule has 0 aliphatic rings. The van der Waals surface area contributed by atoms with Gasteiger partial charge in [-0.1, -0.05) is 41.5 Å². The molecule has 0 bridgehead atoms. The minimum atomic E-state index is -1.52. The average Bonchev–Trinajstić information content (AvgIpc) is 2.44. The van der Waals surface area contributed by atoms with Gasteiger partial charge in [0, 0.05) is 15.5 Å². The largest absolute Gasteiger partial charge is 0.376 e. The van der Waals surface area contributed by atoms with E-state index in [2.05, 4.69) is 87.6 Å². The zero-order chi connectivity index (χ0) is 13.4. The van der Waals surface area contributed by atoms with Gasteiger partial charge < -0.3 is 4.23 Å². The van der Waals surface area contributed by atoms with Crippen molar-refractivity contribution in [2.24, 2.45) is 0 Å². The average molecular weight is 363 g/mol. The molecular formula is C14H26INSi. The highest BCUT2D eigenvalue weighted by Crippen LogP contribution is 2.43. The van der Waals surface area contributed by atoms with E-state index in [-0.39, 0.29) is 0 Å². The Kier molecular flexibility index (Phi) is 4.92. The molecule has 98 valence electrons. The maximum atomic E-state index is 2.66. The van der Waals surface area contributed by atoms with Crippen molar-refractivity contribution in [3.63, 3.8) is 0 Å². The maximum Gasteiger partial charge on any atom is 0.169 e. The number of hydrogen-bond acceptors (Lipinski definition) is 0. The van der Waals surface area contributed by atoms with Crippen molar-refractivity contribution in [1.29, 1.82) is 0 Å². The molecule has 1 heterocycles. The lowest BCUT2D eigenvalue weighted by atomic mass is 10.5. The third-order valence-electron chi connectivity index (χ3n) is 4.17. The Balaban J connectivity index is 3.47. The molecular weight excluding hydrogens is 337 g/mol. The Morgan fingerprint density at radius 3 is 1.65 bits per heavy atom. The maximum absolute atomic E-state index is 2.66. The van der Waals surface area contributed by atoms with E-state index >= 15 is 0 Å². The van der Waals surface area contributed by atoms with Crippen LogP contribution >= 0.6 is 22.6 Å². The van der Waals surface area contributed by atoms with E-state index in [0.717, 1.165) is 16.6 Å². The Hall–Kier alpha value is 0.227. The van der Waals surface area contributed by atoms with Gasteiger partial charge in [-0.15, -0.1) is 0 Å². The third-order valence-corrected chi connectivity index (χ3v) is 11.6. The first kappa shape index (κ1) is 15.3. The van der Waals surface area contributed by atoms with Crippen molar-refractivity contribution < 1.29 is 0 Å². The van der Waals surface area contributed by atoms with Gasteiger partial charge in [-0.05, 0) is 52.2 Å². The van der Waals surface area contributed by atoms with Crippen LogP contribution in [0.1, 0.15) is 47.2 Å². The van der Waals surface area contributed by atoms with E-state index in [0.29, 0.717) is 0 Å². The van der Waals surface area contributed by atoms with Crippen LogP contribution in [-0.2, 0) is 0 Å². The van der Waals surface area contributed by atoms with E-state index in [9.17, 15) is 0 Å². The lowest BCUT2D eigenvalue weighted by molar-refractivity contribution is 0.757. The summed E-state index contributed by atoms with van der Waals surface area (Å²) >= 11 is 2.44. The molecule has 0 radical (unpaired) electrons. The second-order valence-electron chi connectivity index (χ2n) is 6.02. The van der Waals surface area contributed by atoms with Crippen LogP contribution in [0.25, 0.3) is 0 Å². The van der Waals surface area contributed by atoms with Crippen LogP contribution in [-0.4, -0.2) is 12.5 Å². The number of aryl methyl sites for hydroxylation is 1. The molecule has 0 aliphatic heterocycles. The quantitative estimate of drug-likeness (QED) is 0.497. The van der Waals surface area contributed by atoms with Gasteiger partial charge in [-0.3, -0.25) is 0 Å². The zero-order valence-electron chi connectivity index (χ0n) is 12.2. The van der Waals surface area contributed by atoms with Crippen LogP contribution in [0.5, 0.6) is 0 Å². The number of halogens is 1. The number of nitrogens with zero attached hydrogens (tertiary/aromatic N) is 1. The Morgan fingerprint density at radius 2 is 1.41 bits per heavy atom. The first-order valence-electron chi connectivity index (χ1n) is 6.59. The van der Waals surface area contributed by atoms with Crippen molar-refractivity contribution >= 4 is 30.8 Å². The molecule has 0 fully saturated rings. The molecule has 0 spiro atoms. The van der Waals surface area contributed by atoms with Crippen LogP contribution in [0.15, 0.2) is 12.3 Å². The first-order valence-corrected chi connectivity index (χ1v) is 9.85. The summed E-state index contributed by atoms with van der Waals surface area (Å²) in [6, 6.07) is 2.31. The van der Waals surface area contributed by atoms with Crippen LogP contribution < -0.4 is 0 Å². The highest BCUT2D eigenvalue weighted by Gasteiger charge is 2.45. The SMILES string of the molecule is Cc1cc(I)cn1[Si](C(C)C)(C(C)C)C(C)C. The van der Waals surface area contributed by atoms with E-state index < -0.39 is 8.24 Å². The van der Waals surface area contributed by atoms with E-state index in [1.807, 2.05) is 0 Å². The van der Waals surface area contributed by atoms with E-state index in [1.165, 1.54) is 9.26 Å². The van der Waals surface area contributed by atoms with Gasteiger partial charge in [0.2, 0.25) is 0 Å². The molecule has 0 atom stereocenters. The fourth-order valence-corrected chi connectivity index (χ4v) is 11.5. The highest BCUT2D eigenvalue weighted by atomic mass is 127. The van der Waals surface area contributed by atoms with Crippen LogP contribution in [0.3, 0.4) is 0 Å². The number of aromatic nitrogens is 1. The first-order chi connectivity index (χ1) is 7.74. The second-order valence-corrected chi connectivity index (χ2v) is 13.0. The lowest BCUT2D eigenvalue weighted by Gasteiger charge is -2.45. The van der Waals surface area contributed by atoms with Crippen molar-refractivity contribution in [2.45, 2.75) is 65.1 Å². The van der Waals surface area contributed by atoms with Gasteiger partial charge in [0.1, 0.15) is 0 Å². The van der Waals surface area contributed by atoms with Gasteiger partial charge in [-0.25, -0.2) is 0 Å². The Morgan fingerprint density at radius 1 is 1.00 bits per heavy atom. The van der Waals surface area contributed by atoms with Crippen LogP contribution in [0.4, 0.5) is 0 Å². The summed E-state index contributed by atoms with van der Waals surface area (Å²) in [6.07, 6.45) is 2.38. The third kappa shape index (κ3) is 2.50. The molecule has 3 heteroatoms. The fraction of sp³-hybridized carbons (Fsp3) is 0.714. The summed E-state index contributed by atoms with van der Waals surface area (Å²) in [5, 5.41) is 0. The standard InChI is InChI=1S/C14H26INSi/c1-10(2)17(11(3)4,12(5)6)16-9-14(15)8-13(16)7/h8-12H,1-7H3. The molecule has 0 aliphatic carbocycles. The predicted octanol–water partition coefficient (Wildman–Crippen LogP) is 5.42. The molecule has 1 aromatic heterocycles. The lowest BCUT2D eigenvalue weighted by Crippen LogP contribution is -2.52. The minimum absolute atomic E-state index is 0.768. The summed E-state index contributed by atoms with van der Waals surface area (Å²) in [5.41, 5.74) is 3.75. The normalized spacial score (nSPS) is 13.1. The molecule has 0 aromatic carbocycles. The summed E-state index contributed by atoms with van der Waals surface area (Å²) in [6.45, 7) is 16.8. The number of hydrogen-bond donors (Lipinski definition) is 0. The summed E-state index contributed by atoms with van der Waals surface area (Å²) < 4.78 is 4.04. The topological polar surface area (TPSA) is 4.93 Å². The van der Waals surface area contributed by atoms with Gasteiger partial charge in [0.05, 0.1) is 0 Å². The molecule has 1 rings (SSSR count). The highest BCUT2D eigenvalue weighted by molar-refractivity contribution is 14.1. The molecule has 0 saturated carbocycles. The van der Waals surface area contributed by atoms with Crippen LogP contribution in [0.2, 0.25) is 16.6 Å². The van der Waals surface area contributed by atoms with Crippen molar-refractivity contribution in [1.82, 2.24) is 4.23 Å². The summed E-state index contributed by atoms with van der Waals surface area (Å²) in [4.78, 5) is 0. The Labute approximate surface area is 121 Å². The molecule has 0 amide bonds. The van der Waals surface area contributed by atoms with Gasteiger partial charge >= 0.3 is 0 Å². The molecule has 0 saturated heterocycles. The van der Waals surface area contributed by atoms with Gasteiger partial charge in [0.25, 0.3) is 0 Å². The monoisotopic (exact) mass is 363 g/mol. The van der Waals surface area contributed by atoms with Crippen molar-refractivity contribution in [3.8, 4) is 0 Å². The second kappa shape index (κ2) is 5.47. The minimum Gasteiger partial charge on any atom is -0.376 e. The van der Waals surface area contributed by atoms with Crippen molar-refractivity contribution in [2.75, 3.05) is 0 Å². The molecule has 1 nitrogen and oxygen atoms in total. The molecule has 1 aromatic rings. The van der Waals surface area contributed by atoms with E-state index in [4.69, 9.17) is 0 Å². The molecule has 0 N–H and O–H groups in total. The molecule has 17 heavy (non-hydrogen) atoms. The fourth-order valence-electron chi connectivity index (χ4n) is 3.78. The predicted molar refractivity (Wildman–Crippen MR) is 88.3 cm³/mol. The number of rotatable bonds is 4. The van der Waals surface area contributed by atoms with Crippen LogP contribution in [0, 0.1) is 10.5 Å². The van der Waals surface area contributed by atoms with Crippen molar-refractivity contribution in [3.05, 3.63) is 21.5 Å². The molecule has 0 unspecified atom stereocenters. The summed E-state index contributed by atoms with van der Waals surface area (Å²) in [7, 11) is -1.52. The smallest absolute Gasteiger partial charge is 0.169 e. The van der Waals surface area contributed by atoms with E-state index in [1.54, 1.807) is 0 Å². The van der Waals surface area contributed by atoms with Gasteiger partial charge in [0.15, 0.2) is 8.24 Å². The summed E-state index contributed by atoms with van der Waals surface area (Å²) in [5.74, 6) is 0.